The van der Waals surface area contributed by atoms with Crippen molar-refractivity contribution in [3.05, 3.63) is 58.1 Å². The van der Waals surface area contributed by atoms with Crippen molar-refractivity contribution in [3.63, 3.8) is 0 Å². The van der Waals surface area contributed by atoms with Crippen LogP contribution in [0.1, 0.15) is 43.0 Å². The van der Waals surface area contributed by atoms with Crippen LogP contribution in [0.2, 0.25) is 5.02 Å². The molecule has 0 spiro atoms. The van der Waals surface area contributed by atoms with Gasteiger partial charge in [0.25, 0.3) is 0 Å². The Morgan fingerprint density at radius 2 is 1.83 bits per heavy atom. The number of halogens is 1. The zero-order valence-electron chi connectivity index (χ0n) is 18.2. The van der Waals surface area contributed by atoms with E-state index in [4.69, 9.17) is 16.3 Å². The number of sulfonamides is 1. The van der Waals surface area contributed by atoms with Gasteiger partial charge < -0.3 is 10.1 Å². The van der Waals surface area contributed by atoms with Crippen LogP contribution in [0.3, 0.4) is 0 Å². The summed E-state index contributed by atoms with van der Waals surface area (Å²) in [6.07, 6.45) is 1.74. The number of nitrogens with zero attached hydrogens (tertiary/aromatic N) is 1. The zero-order chi connectivity index (χ0) is 22.6. The molecule has 0 aliphatic heterocycles. The SMILES string of the molecule is CC[C@@H](NC(=O)[C@H](C)N(c1cc(Cl)ccc1C)S(C)(=O)=O)c1ccc(OC)c(C)c1. The van der Waals surface area contributed by atoms with Gasteiger partial charge in [-0.2, -0.15) is 0 Å². The van der Waals surface area contributed by atoms with Gasteiger partial charge in [-0.1, -0.05) is 36.7 Å². The van der Waals surface area contributed by atoms with Crippen LogP contribution in [0.5, 0.6) is 5.75 Å². The fourth-order valence-corrected chi connectivity index (χ4v) is 4.82. The minimum absolute atomic E-state index is 0.258. The minimum atomic E-state index is -3.73. The largest absolute Gasteiger partial charge is 0.496 e. The number of hydrogen-bond donors (Lipinski definition) is 1. The highest BCUT2D eigenvalue weighted by molar-refractivity contribution is 7.92. The fourth-order valence-electron chi connectivity index (χ4n) is 3.43. The highest BCUT2D eigenvalue weighted by atomic mass is 35.5. The molecule has 30 heavy (non-hydrogen) atoms. The molecule has 2 aromatic carbocycles. The molecule has 1 N–H and O–H groups in total. The Labute approximate surface area is 184 Å². The summed E-state index contributed by atoms with van der Waals surface area (Å²) in [6.45, 7) is 7.25. The van der Waals surface area contributed by atoms with Crippen LogP contribution in [0, 0.1) is 13.8 Å². The average molecular weight is 453 g/mol. The minimum Gasteiger partial charge on any atom is -0.496 e. The molecule has 2 rings (SSSR count). The first-order valence-electron chi connectivity index (χ1n) is 9.70. The summed E-state index contributed by atoms with van der Waals surface area (Å²) < 4.78 is 31.6. The van der Waals surface area contributed by atoms with E-state index < -0.39 is 16.1 Å². The van der Waals surface area contributed by atoms with Crippen LogP contribution in [0.25, 0.3) is 0 Å². The summed E-state index contributed by atoms with van der Waals surface area (Å²) >= 11 is 6.09. The maximum Gasteiger partial charge on any atom is 0.244 e. The number of benzene rings is 2. The quantitative estimate of drug-likeness (QED) is 0.644. The van der Waals surface area contributed by atoms with E-state index in [2.05, 4.69) is 5.32 Å². The molecule has 0 radical (unpaired) electrons. The van der Waals surface area contributed by atoms with Gasteiger partial charge in [0.2, 0.25) is 15.9 Å². The van der Waals surface area contributed by atoms with Gasteiger partial charge in [0, 0.05) is 5.02 Å². The van der Waals surface area contributed by atoms with Gasteiger partial charge in [0.15, 0.2) is 0 Å². The number of hydrogen-bond acceptors (Lipinski definition) is 4. The molecule has 0 unspecified atom stereocenters. The first kappa shape index (κ1) is 24.0. The van der Waals surface area contributed by atoms with E-state index in [-0.39, 0.29) is 11.9 Å². The van der Waals surface area contributed by atoms with Crippen LogP contribution >= 0.6 is 11.6 Å². The van der Waals surface area contributed by atoms with Crippen LogP contribution in [0.15, 0.2) is 36.4 Å². The number of amides is 1. The third-order valence-electron chi connectivity index (χ3n) is 5.04. The Kier molecular flexibility index (Phi) is 7.77. The van der Waals surface area contributed by atoms with Gasteiger partial charge in [-0.3, -0.25) is 9.10 Å². The van der Waals surface area contributed by atoms with Crippen molar-refractivity contribution < 1.29 is 17.9 Å². The molecule has 0 fully saturated rings. The van der Waals surface area contributed by atoms with Crippen molar-refractivity contribution in [2.75, 3.05) is 17.7 Å². The lowest BCUT2D eigenvalue weighted by Gasteiger charge is -2.31. The second kappa shape index (κ2) is 9.71. The predicted molar refractivity (Wildman–Crippen MR) is 122 cm³/mol. The standard InChI is InChI=1S/C22H29ClN2O4S/c1-7-19(17-9-11-21(29-5)15(3)12-17)24-22(26)16(4)25(30(6,27)28)20-13-18(23)10-8-14(20)2/h8-13,16,19H,7H2,1-6H3,(H,24,26)/t16-,19+/m0/s1. The van der Waals surface area contributed by atoms with Crippen molar-refractivity contribution in [2.24, 2.45) is 0 Å². The molecule has 0 aromatic heterocycles. The Morgan fingerprint density at radius 1 is 1.17 bits per heavy atom. The van der Waals surface area contributed by atoms with Gasteiger partial charge >= 0.3 is 0 Å². The third-order valence-corrected chi connectivity index (χ3v) is 6.51. The molecule has 2 atom stereocenters. The number of ether oxygens (including phenoxy) is 1. The zero-order valence-corrected chi connectivity index (χ0v) is 19.8. The molecule has 1 amide bonds. The first-order valence-corrected chi connectivity index (χ1v) is 11.9. The highest BCUT2D eigenvalue weighted by Crippen LogP contribution is 2.29. The van der Waals surface area contributed by atoms with E-state index in [1.807, 2.05) is 32.0 Å². The topological polar surface area (TPSA) is 75.7 Å². The van der Waals surface area contributed by atoms with E-state index in [1.54, 1.807) is 39.2 Å². The molecule has 0 aliphatic carbocycles. The Balaban J connectivity index is 2.34. The number of nitrogens with one attached hydrogen (secondary N) is 1. The number of rotatable bonds is 8. The summed E-state index contributed by atoms with van der Waals surface area (Å²) in [5, 5.41) is 3.39. The number of carbonyl (C=O) groups excluding carboxylic acids is 1. The number of methoxy groups -OCH3 is 1. The normalized spacial score (nSPS) is 13.4. The van der Waals surface area contributed by atoms with Crippen molar-refractivity contribution in [2.45, 2.75) is 46.2 Å². The van der Waals surface area contributed by atoms with E-state index in [0.29, 0.717) is 22.7 Å². The summed E-state index contributed by atoms with van der Waals surface area (Å²) in [5.74, 6) is 0.383. The summed E-state index contributed by atoms with van der Waals surface area (Å²) in [6, 6.07) is 9.50. The molecular formula is C22H29ClN2O4S. The van der Waals surface area contributed by atoms with Crippen molar-refractivity contribution in [1.29, 1.82) is 0 Å². The summed E-state index contributed by atoms with van der Waals surface area (Å²) in [7, 11) is -2.12. The van der Waals surface area contributed by atoms with Crippen molar-refractivity contribution in [3.8, 4) is 5.75 Å². The molecule has 8 heteroatoms. The third kappa shape index (κ3) is 5.46. The monoisotopic (exact) mass is 452 g/mol. The van der Waals surface area contributed by atoms with E-state index >= 15 is 0 Å². The van der Waals surface area contributed by atoms with Gasteiger partial charge in [0.05, 0.1) is 25.1 Å². The summed E-state index contributed by atoms with van der Waals surface area (Å²) in [4.78, 5) is 13.1. The van der Waals surface area contributed by atoms with Crippen molar-refractivity contribution >= 4 is 33.2 Å². The lowest BCUT2D eigenvalue weighted by atomic mass is 10.0. The van der Waals surface area contributed by atoms with Crippen molar-refractivity contribution in [1.82, 2.24) is 5.32 Å². The molecule has 164 valence electrons. The van der Waals surface area contributed by atoms with Crippen LogP contribution in [-0.4, -0.2) is 33.7 Å². The Bertz CT molecular complexity index is 1020. The number of carbonyl (C=O) groups is 1. The van der Waals surface area contributed by atoms with Gasteiger partial charge in [-0.05, 0) is 62.1 Å². The van der Waals surface area contributed by atoms with Crippen LogP contribution < -0.4 is 14.4 Å². The average Bonchev–Trinajstić information content (AvgIpc) is 2.67. The summed E-state index contributed by atoms with van der Waals surface area (Å²) in [5.41, 5.74) is 2.99. The Morgan fingerprint density at radius 3 is 2.37 bits per heavy atom. The van der Waals surface area contributed by atoms with Gasteiger partial charge in [0.1, 0.15) is 11.8 Å². The maximum atomic E-state index is 13.1. The molecule has 0 saturated heterocycles. The fraction of sp³-hybridized carbons (Fsp3) is 0.409. The van der Waals surface area contributed by atoms with E-state index in [0.717, 1.165) is 27.4 Å². The smallest absolute Gasteiger partial charge is 0.244 e. The molecule has 2 aromatic rings. The highest BCUT2D eigenvalue weighted by Gasteiger charge is 2.31. The maximum absolute atomic E-state index is 13.1. The molecule has 0 saturated carbocycles. The number of aryl methyl sites for hydroxylation is 2. The van der Waals surface area contributed by atoms with Crippen LogP contribution in [-0.2, 0) is 14.8 Å². The molecule has 0 heterocycles. The second-order valence-corrected chi connectivity index (χ2v) is 9.66. The van der Waals surface area contributed by atoms with E-state index in [9.17, 15) is 13.2 Å². The second-order valence-electron chi connectivity index (χ2n) is 7.36. The van der Waals surface area contributed by atoms with Gasteiger partial charge in [-0.15, -0.1) is 0 Å². The molecule has 6 nitrogen and oxygen atoms in total. The lowest BCUT2D eigenvalue weighted by Crippen LogP contribution is -2.48. The first-order chi connectivity index (χ1) is 14.0. The molecule has 0 aliphatic rings. The molecule has 0 bridgehead atoms. The lowest BCUT2D eigenvalue weighted by molar-refractivity contribution is -0.122. The van der Waals surface area contributed by atoms with Gasteiger partial charge in [-0.25, -0.2) is 8.42 Å². The number of anilines is 1. The van der Waals surface area contributed by atoms with E-state index in [1.165, 1.54) is 0 Å². The Hall–Kier alpha value is -2.25. The predicted octanol–water partition coefficient (Wildman–Crippen LogP) is 4.39. The molecular weight excluding hydrogens is 424 g/mol. The van der Waals surface area contributed by atoms with Crippen LogP contribution in [0.4, 0.5) is 5.69 Å².